The molecule has 0 bridgehead atoms. The van der Waals surface area contributed by atoms with Gasteiger partial charge < -0.3 is 15.4 Å². The summed E-state index contributed by atoms with van der Waals surface area (Å²) in [5.41, 5.74) is 0.116. The molecule has 0 atom stereocenters. The number of nitrogens with one attached hydrogen (secondary N) is 2. The second kappa shape index (κ2) is 8.92. The molecule has 27 heavy (non-hydrogen) atoms. The SMILES string of the molecule is O=C(NCc1nccnc1Cl)C1(C(=O)OCc2ccccc2)CCNCC1. The van der Waals surface area contributed by atoms with Crippen LogP contribution in [0.1, 0.15) is 24.1 Å². The van der Waals surface area contributed by atoms with Gasteiger partial charge in [0.25, 0.3) is 0 Å². The van der Waals surface area contributed by atoms with Gasteiger partial charge in [-0.15, -0.1) is 0 Å². The van der Waals surface area contributed by atoms with Gasteiger partial charge in [0.2, 0.25) is 5.91 Å². The summed E-state index contributed by atoms with van der Waals surface area (Å²) in [5.74, 6) is -0.876. The van der Waals surface area contributed by atoms with Gasteiger partial charge in [-0.3, -0.25) is 14.6 Å². The van der Waals surface area contributed by atoms with Crippen LogP contribution in [0.15, 0.2) is 42.7 Å². The third-order valence-electron chi connectivity index (χ3n) is 4.63. The molecule has 0 aliphatic carbocycles. The molecule has 2 aromatic rings. The monoisotopic (exact) mass is 388 g/mol. The van der Waals surface area contributed by atoms with Crippen LogP contribution in [0.4, 0.5) is 0 Å². The molecule has 8 heteroatoms. The van der Waals surface area contributed by atoms with Gasteiger partial charge in [-0.25, -0.2) is 4.98 Å². The lowest BCUT2D eigenvalue weighted by atomic mass is 9.78. The Hall–Kier alpha value is -2.51. The molecule has 1 fully saturated rings. The zero-order valence-corrected chi connectivity index (χ0v) is 15.5. The third-order valence-corrected chi connectivity index (χ3v) is 4.95. The lowest BCUT2D eigenvalue weighted by Crippen LogP contribution is -2.52. The number of carbonyl (C=O) groups excluding carboxylic acids is 2. The Labute approximate surface area is 162 Å². The Balaban J connectivity index is 1.68. The summed E-state index contributed by atoms with van der Waals surface area (Å²) in [5, 5.41) is 6.18. The average Bonchev–Trinajstić information content (AvgIpc) is 2.72. The van der Waals surface area contributed by atoms with Gasteiger partial charge in [-0.05, 0) is 31.5 Å². The normalized spacial score (nSPS) is 15.7. The number of carbonyl (C=O) groups is 2. The van der Waals surface area contributed by atoms with Crippen molar-refractivity contribution in [1.82, 2.24) is 20.6 Å². The molecule has 1 saturated heterocycles. The zero-order chi connectivity index (χ0) is 19.1. The van der Waals surface area contributed by atoms with Gasteiger partial charge in [0, 0.05) is 12.4 Å². The van der Waals surface area contributed by atoms with Gasteiger partial charge in [0.1, 0.15) is 12.0 Å². The van der Waals surface area contributed by atoms with Crippen LogP contribution in [0.25, 0.3) is 0 Å². The molecular weight excluding hydrogens is 368 g/mol. The summed E-state index contributed by atoms with van der Waals surface area (Å²) < 4.78 is 5.49. The van der Waals surface area contributed by atoms with Crippen molar-refractivity contribution < 1.29 is 14.3 Å². The minimum atomic E-state index is -1.21. The van der Waals surface area contributed by atoms with E-state index in [0.717, 1.165) is 5.56 Å². The number of nitrogens with zero attached hydrogens (tertiary/aromatic N) is 2. The highest BCUT2D eigenvalue weighted by atomic mass is 35.5. The van der Waals surface area contributed by atoms with Crippen LogP contribution in [-0.2, 0) is 27.5 Å². The van der Waals surface area contributed by atoms with E-state index in [9.17, 15) is 9.59 Å². The number of esters is 1. The van der Waals surface area contributed by atoms with Crippen LogP contribution < -0.4 is 10.6 Å². The molecule has 0 saturated carbocycles. The highest BCUT2D eigenvalue weighted by Gasteiger charge is 2.48. The first-order chi connectivity index (χ1) is 13.1. The summed E-state index contributed by atoms with van der Waals surface area (Å²) >= 11 is 5.98. The molecule has 1 aromatic carbocycles. The summed E-state index contributed by atoms with van der Waals surface area (Å²) in [7, 11) is 0. The van der Waals surface area contributed by atoms with E-state index in [-0.39, 0.29) is 24.2 Å². The van der Waals surface area contributed by atoms with E-state index < -0.39 is 11.4 Å². The second-order valence-corrected chi connectivity index (χ2v) is 6.73. The molecule has 1 amide bonds. The van der Waals surface area contributed by atoms with Crippen molar-refractivity contribution in [3.63, 3.8) is 0 Å². The highest BCUT2D eigenvalue weighted by Crippen LogP contribution is 2.31. The molecule has 1 aliphatic heterocycles. The number of hydrogen-bond donors (Lipinski definition) is 2. The molecule has 1 aromatic heterocycles. The van der Waals surface area contributed by atoms with Gasteiger partial charge in [-0.1, -0.05) is 41.9 Å². The fourth-order valence-electron chi connectivity index (χ4n) is 3.04. The maximum absolute atomic E-state index is 12.9. The first-order valence-electron chi connectivity index (χ1n) is 8.77. The van der Waals surface area contributed by atoms with Crippen molar-refractivity contribution in [2.75, 3.05) is 13.1 Å². The number of amides is 1. The van der Waals surface area contributed by atoms with Gasteiger partial charge in [-0.2, -0.15) is 0 Å². The van der Waals surface area contributed by atoms with Crippen molar-refractivity contribution in [2.24, 2.45) is 5.41 Å². The summed E-state index contributed by atoms with van der Waals surface area (Å²) in [6, 6.07) is 9.39. The zero-order valence-electron chi connectivity index (χ0n) is 14.8. The van der Waals surface area contributed by atoms with Gasteiger partial charge in [0.15, 0.2) is 5.15 Å². The number of benzene rings is 1. The van der Waals surface area contributed by atoms with Crippen LogP contribution in [0.5, 0.6) is 0 Å². The fraction of sp³-hybridized carbons (Fsp3) is 0.368. The van der Waals surface area contributed by atoms with Crippen LogP contribution in [-0.4, -0.2) is 34.9 Å². The molecule has 2 heterocycles. The minimum Gasteiger partial charge on any atom is -0.460 e. The Morgan fingerprint density at radius 2 is 1.85 bits per heavy atom. The predicted molar refractivity (Wildman–Crippen MR) is 99.7 cm³/mol. The van der Waals surface area contributed by atoms with Crippen LogP contribution in [0.3, 0.4) is 0 Å². The number of ether oxygens (including phenoxy) is 1. The molecule has 3 rings (SSSR count). The number of hydrogen-bond acceptors (Lipinski definition) is 6. The Morgan fingerprint density at radius 1 is 1.15 bits per heavy atom. The van der Waals surface area contributed by atoms with Gasteiger partial charge >= 0.3 is 5.97 Å². The van der Waals surface area contributed by atoms with Gasteiger partial charge in [0.05, 0.1) is 12.2 Å². The van der Waals surface area contributed by atoms with Crippen molar-refractivity contribution in [1.29, 1.82) is 0 Å². The Morgan fingerprint density at radius 3 is 2.56 bits per heavy atom. The molecular formula is C19H21ClN4O3. The van der Waals surface area contributed by atoms with Crippen LogP contribution >= 0.6 is 11.6 Å². The molecule has 0 unspecified atom stereocenters. The van der Waals surface area contributed by atoms with Crippen molar-refractivity contribution in [3.8, 4) is 0 Å². The molecule has 0 radical (unpaired) electrons. The smallest absolute Gasteiger partial charge is 0.322 e. The van der Waals surface area contributed by atoms with E-state index in [1.807, 2.05) is 30.3 Å². The van der Waals surface area contributed by atoms with Crippen LogP contribution in [0.2, 0.25) is 5.15 Å². The maximum atomic E-state index is 12.9. The van der Waals surface area contributed by atoms with E-state index in [1.54, 1.807) is 0 Å². The molecule has 7 nitrogen and oxygen atoms in total. The summed E-state index contributed by atoms with van der Waals surface area (Å²) in [6.45, 7) is 1.38. The number of aromatic nitrogens is 2. The average molecular weight is 389 g/mol. The summed E-state index contributed by atoms with van der Waals surface area (Å²) in [6.07, 6.45) is 3.73. The quantitative estimate of drug-likeness (QED) is 0.579. The van der Waals surface area contributed by atoms with E-state index in [1.165, 1.54) is 12.4 Å². The Bertz CT molecular complexity index is 795. The maximum Gasteiger partial charge on any atom is 0.322 e. The molecule has 142 valence electrons. The first kappa shape index (κ1) is 19.3. The van der Waals surface area contributed by atoms with E-state index in [2.05, 4.69) is 20.6 Å². The second-order valence-electron chi connectivity index (χ2n) is 6.37. The van der Waals surface area contributed by atoms with Crippen LogP contribution in [0, 0.1) is 5.41 Å². The first-order valence-corrected chi connectivity index (χ1v) is 9.15. The lowest BCUT2D eigenvalue weighted by Gasteiger charge is -2.33. The lowest BCUT2D eigenvalue weighted by molar-refractivity contribution is -0.164. The topological polar surface area (TPSA) is 93.2 Å². The van der Waals surface area contributed by atoms with E-state index >= 15 is 0 Å². The molecule has 2 N–H and O–H groups in total. The standard InChI is InChI=1S/C19H21ClN4O3/c20-16-15(22-10-11-23-16)12-24-17(25)19(6-8-21-9-7-19)18(26)27-13-14-4-2-1-3-5-14/h1-5,10-11,21H,6-9,12-13H2,(H,24,25). The van der Waals surface area contributed by atoms with Crippen molar-refractivity contribution >= 4 is 23.5 Å². The number of piperidine rings is 1. The third kappa shape index (κ3) is 4.61. The van der Waals surface area contributed by atoms with E-state index in [0.29, 0.717) is 31.6 Å². The molecule has 0 spiro atoms. The molecule has 1 aliphatic rings. The predicted octanol–water partition coefficient (Wildman–Crippen LogP) is 1.86. The largest absolute Gasteiger partial charge is 0.460 e. The minimum absolute atomic E-state index is 0.104. The number of rotatable bonds is 6. The van der Waals surface area contributed by atoms with E-state index in [4.69, 9.17) is 16.3 Å². The Kier molecular flexibility index (Phi) is 6.36. The van der Waals surface area contributed by atoms with Crippen molar-refractivity contribution in [3.05, 3.63) is 59.1 Å². The highest BCUT2D eigenvalue weighted by molar-refractivity contribution is 6.30. The number of halogens is 1. The van der Waals surface area contributed by atoms with Crippen molar-refractivity contribution in [2.45, 2.75) is 26.0 Å². The summed E-state index contributed by atoms with van der Waals surface area (Å²) in [4.78, 5) is 33.8. The fourth-order valence-corrected chi connectivity index (χ4v) is 3.21.